The van der Waals surface area contributed by atoms with Crippen molar-refractivity contribution in [2.75, 3.05) is 39.3 Å². The summed E-state index contributed by atoms with van der Waals surface area (Å²) in [6, 6.07) is -2.08. The maximum atomic E-state index is 11.5. The number of hydrogen-bond acceptors (Lipinski definition) is 5. The van der Waals surface area contributed by atoms with Gasteiger partial charge in [0.25, 0.3) is 0 Å². The van der Waals surface area contributed by atoms with Crippen molar-refractivity contribution in [1.82, 2.24) is 20.9 Å². The van der Waals surface area contributed by atoms with Gasteiger partial charge in [-0.2, -0.15) is 0 Å². The fourth-order valence-corrected chi connectivity index (χ4v) is 2.02. The molecule has 1 atom stereocenters. The monoisotopic (exact) mass is 302 g/mol. The molecule has 0 spiro atoms. The third-order valence-electron chi connectivity index (χ3n) is 3.13. The number of carbonyl (C=O) groups excluding carboxylic acids is 1. The number of nitrogens with one attached hydrogen (secondary N) is 3. The van der Waals surface area contributed by atoms with Gasteiger partial charge in [-0.1, -0.05) is 0 Å². The normalized spacial score (nSPS) is 17.0. The Bertz CT molecular complexity index is 371. The first-order chi connectivity index (χ1) is 9.99. The molecule has 0 bridgehead atoms. The van der Waals surface area contributed by atoms with Gasteiger partial charge in [0, 0.05) is 32.7 Å². The van der Waals surface area contributed by atoms with Crippen molar-refractivity contribution < 1.29 is 24.6 Å². The zero-order chi connectivity index (χ0) is 15.7. The predicted octanol–water partition coefficient (Wildman–Crippen LogP) is -1.49. The van der Waals surface area contributed by atoms with Crippen LogP contribution in [0.5, 0.6) is 0 Å². The number of rotatable bonds is 8. The minimum atomic E-state index is -1.42. The fourth-order valence-electron chi connectivity index (χ4n) is 2.02. The van der Waals surface area contributed by atoms with E-state index in [1.54, 1.807) is 0 Å². The quantitative estimate of drug-likeness (QED) is 0.345. The number of piperazine rings is 1. The van der Waals surface area contributed by atoms with E-state index in [-0.39, 0.29) is 0 Å². The molecule has 9 nitrogen and oxygen atoms in total. The van der Waals surface area contributed by atoms with Crippen molar-refractivity contribution in [2.24, 2.45) is 0 Å². The molecule has 1 aliphatic rings. The summed E-state index contributed by atoms with van der Waals surface area (Å²) >= 11 is 0. The largest absolute Gasteiger partial charge is 0.481 e. The molecule has 1 heterocycles. The highest BCUT2D eigenvalue weighted by atomic mass is 16.4. The summed E-state index contributed by atoms with van der Waals surface area (Å²) in [5.41, 5.74) is 0. The van der Waals surface area contributed by atoms with Crippen molar-refractivity contribution >= 4 is 18.0 Å². The molecule has 1 rings (SSSR count). The standard InChI is InChI=1S/C12H22N4O5/c17-10(18)8-9(11(19)20)15-12(21)14-2-1-5-16-6-3-13-4-7-16/h9,13H,1-8H2,(H,17,18)(H,19,20)(H2,14,15,21)/t9-/m0/s1. The number of nitrogens with zero attached hydrogens (tertiary/aromatic N) is 1. The molecule has 1 fully saturated rings. The highest BCUT2D eigenvalue weighted by Crippen LogP contribution is 1.94. The Morgan fingerprint density at radius 3 is 2.43 bits per heavy atom. The highest BCUT2D eigenvalue weighted by Gasteiger charge is 2.22. The van der Waals surface area contributed by atoms with Crippen LogP contribution >= 0.6 is 0 Å². The first-order valence-electron chi connectivity index (χ1n) is 6.91. The Labute approximate surface area is 122 Å². The Morgan fingerprint density at radius 1 is 1.19 bits per heavy atom. The number of hydrogen-bond donors (Lipinski definition) is 5. The van der Waals surface area contributed by atoms with E-state index < -0.39 is 30.4 Å². The second-order valence-electron chi connectivity index (χ2n) is 4.83. The predicted molar refractivity (Wildman–Crippen MR) is 74.1 cm³/mol. The van der Waals surface area contributed by atoms with Crippen molar-refractivity contribution in [2.45, 2.75) is 18.9 Å². The van der Waals surface area contributed by atoms with Gasteiger partial charge in [-0.05, 0) is 13.0 Å². The number of carboxylic acid groups (broad SMARTS) is 2. The van der Waals surface area contributed by atoms with Crippen LogP contribution in [0.15, 0.2) is 0 Å². The van der Waals surface area contributed by atoms with Crippen molar-refractivity contribution in [1.29, 1.82) is 0 Å². The number of urea groups is 1. The van der Waals surface area contributed by atoms with Gasteiger partial charge in [0.05, 0.1) is 6.42 Å². The lowest BCUT2D eigenvalue weighted by molar-refractivity contribution is -0.145. The summed E-state index contributed by atoms with van der Waals surface area (Å²) in [6.07, 6.45) is 0.105. The van der Waals surface area contributed by atoms with E-state index in [0.29, 0.717) is 6.54 Å². The van der Waals surface area contributed by atoms with Gasteiger partial charge in [-0.25, -0.2) is 9.59 Å². The van der Waals surface area contributed by atoms with Crippen LogP contribution in [0, 0.1) is 0 Å². The number of aliphatic carboxylic acids is 2. The van der Waals surface area contributed by atoms with Gasteiger partial charge in [0.15, 0.2) is 0 Å². The number of carbonyl (C=O) groups is 3. The third-order valence-corrected chi connectivity index (χ3v) is 3.13. The van der Waals surface area contributed by atoms with Crippen LogP contribution < -0.4 is 16.0 Å². The van der Waals surface area contributed by atoms with E-state index in [0.717, 1.165) is 39.1 Å². The molecular formula is C12H22N4O5. The highest BCUT2D eigenvalue weighted by molar-refractivity contribution is 5.86. The minimum Gasteiger partial charge on any atom is -0.481 e. The molecular weight excluding hydrogens is 280 g/mol. The van der Waals surface area contributed by atoms with Crippen molar-refractivity contribution in [3.8, 4) is 0 Å². The van der Waals surface area contributed by atoms with E-state index in [1.165, 1.54) is 0 Å². The summed E-state index contributed by atoms with van der Waals surface area (Å²) < 4.78 is 0. The molecule has 9 heteroatoms. The third kappa shape index (κ3) is 7.47. The Morgan fingerprint density at radius 2 is 1.86 bits per heavy atom. The maximum Gasteiger partial charge on any atom is 0.326 e. The average molecular weight is 302 g/mol. The zero-order valence-corrected chi connectivity index (χ0v) is 11.8. The van der Waals surface area contributed by atoms with Crippen LogP contribution in [0.4, 0.5) is 4.79 Å². The molecule has 0 aromatic rings. The zero-order valence-electron chi connectivity index (χ0n) is 11.8. The molecule has 0 aromatic heterocycles. The van der Waals surface area contributed by atoms with E-state index in [9.17, 15) is 14.4 Å². The van der Waals surface area contributed by atoms with E-state index in [2.05, 4.69) is 20.9 Å². The fraction of sp³-hybridized carbons (Fsp3) is 0.750. The molecule has 0 saturated carbocycles. The molecule has 21 heavy (non-hydrogen) atoms. The minimum absolute atomic E-state index is 0.412. The molecule has 0 unspecified atom stereocenters. The van der Waals surface area contributed by atoms with E-state index in [4.69, 9.17) is 10.2 Å². The van der Waals surface area contributed by atoms with Crippen LogP contribution in [0.25, 0.3) is 0 Å². The molecule has 2 amide bonds. The molecule has 0 aromatic carbocycles. The number of amides is 2. The van der Waals surface area contributed by atoms with Gasteiger partial charge < -0.3 is 31.1 Å². The van der Waals surface area contributed by atoms with Gasteiger partial charge in [0.2, 0.25) is 0 Å². The maximum absolute atomic E-state index is 11.5. The SMILES string of the molecule is O=C(O)C[C@H](NC(=O)NCCCN1CCNCC1)C(=O)O. The first-order valence-corrected chi connectivity index (χ1v) is 6.91. The van der Waals surface area contributed by atoms with Gasteiger partial charge >= 0.3 is 18.0 Å². The van der Waals surface area contributed by atoms with Crippen LogP contribution in [0.2, 0.25) is 0 Å². The van der Waals surface area contributed by atoms with Gasteiger partial charge in [-0.15, -0.1) is 0 Å². The average Bonchev–Trinajstić information content (AvgIpc) is 2.43. The molecule has 0 aliphatic carbocycles. The first kappa shape index (κ1) is 17.2. The summed E-state index contributed by atoms with van der Waals surface area (Å²) in [4.78, 5) is 35.0. The smallest absolute Gasteiger partial charge is 0.326 e. The van der Waals surface area contributed by atoms with Crippen LogP contribution in [0.1, 0.15) is 12.8 Å². The second-order valence-corrected chi connectivity index (χ2v) is 4.83. The van der Waals surface area contributed by atoms with Gasteiger partial charge in [0.1, 0.15) is 6.04 Å². The van der Waals surface area contributed by atoms with E-state index >= 15 is 0 Å². The van der Waals surface area contributed by atoms with Crippen molar-refractivity contribution in [3.63, 3.8) is 0 Å². The topological polar surface area (TPSA) is 131 Å². The molecule has 1 aliphatic heterocycles. The summed E-state index contributed by atoms with van der Waals surface area (Å²) in [5.74, 6) is -2.64. The molecule has 120 valence electrons. The molecule has 5 N–H and O–H groups in total. The molecule has 1 saturated heterocycles. The number of carboxylic acids is 2. The summed E-state index contributed by atoms with van der Waals surface area (Å²) in [7, 11) is 0. The van der Waals surface area contributed by atoms with Crippen molar-refractivity contribution in [3.05, 3.63) is 0 Å². The molecule has 0 radical (unpaired) electrons. The van der Waals surface area contributed by atoms with Gasteiger partial charge in [-0.3, -0.25) is 4.79 Å². The van der Waals surface area contributed by atoms with Crippen LogP contribution in [-0.4, -0.2) is 78.4 Å². The lowest BCUT2D eigenvalue weighted by Gasteiger charge is -2.27. The lowest BCUT2D eigenvalue weighted by Crippen LogP contribution is -2.48. The second kappa shape index (κ2) is 9.14. The van der Waals surface area contributed by atoms with Crippen LogP contribution in [-0.2, 0) is 9.59 Å². The lowest BCUT2D eigenvalue weighted by atomic mass is 10.2. The Hall–Kier alpha value is -1.87. The summed E-state index contributed by atoms with van der Waals surface area (Å²) in [5, 5.41) is 25.3. The Kier molecular flexibility index (Phi) is 7.48. The summed E-state index contributed by atoms with van der Waals surface area (Å²) in [6.45, 7) is 5.15. The van der Waals surface area contributed by atoms with E-state index in [1.807, 2.05) is 0 Å². The van der Waals surface area contributed by atoms with Crippen LogP contribution in [0.3, 0.4) is 0 Å². The Balaban J connectivity index is 2.16.